The molecule has 108 valence electrons. The van der Waals surface area contributed by atoms with Crippen LogP contribution in [0, 0.1) is 0 Å². The lowest BCUT2D eigenvalue weighted by atomic mass is 10.3. The van der Waals surface area contributed by atoms with Crippen LogP contribution in [0.2, 0.25) is 0 Å². The van der Waals surface area contributed by atoms with Gasteiger partial charge in [-0.05, 0) is 13.8 Å². The van der Waals surface area contributed by atoms with E-state index in [-0.39, 0.29) is 11.1 Å². The first-order chi connectivity index (χ1) is 8.65. The van der Waals surface area contributed by atoms with Crippen LogP contribution < -0.4 is 10.6 Å². The molecule has 0 aromatic heterocycles. The van der Waals surface area contributed by atoms with E-state index < -0.39 is 35.7 Å². The number of amides is 2. The van der Waals surface area contributed by atoms with Gasteiger partial charge >= 0.3 is 10.4 Å². The number of hydrogen-bond acceptors (Lipinski definition) is 6. The van der Waals surface area contributed by atoms with Crippen LogP contribution in [0.25, 0.3) is 0 Å². The van der Waals surface area contributed by atoms with E-state index in [1.807, 2.05) is 0 Å². The molecule has 9 heteroatoms. The van der Waals surface area contributed by atoms with Gasteiger partial charge in [0.15, 0.2) is 0 Å². The predicted molar refractivity (Wildman–Crippen MR) is 66.7 cm³/mol. The van der Waals surface area contributed by atoms with Crippen molar-refractivity contribution in [2.45, 2.75) is 13.8 Å². The first-order valence-corrected chi connectivity index (χ1v) is 6.40. The van der Waals surface area contributed by atoms with Crippen LogP contribution in [0.5, 0.6) is 0 Å². The van der Waals surface area contributed by atoms with E-state index in [0.29, 0.717) is 0 Å². The minimum atomic E-state index is -4.31. The van der Waals surface area contributed by atoms with Crippen LogP contribution in [-0.2, 0) is 28.4 Å². The zero-order valence-corrected chi connectivity index (χ0v) is 11.5. The third-order valence-electron chi connectivity index (χ3n) is 1.65. The van der Waals surface area contributed by atoms with Crippen molar-refractivity contribution in [3.63, 3.8) is 0 Å². The lowest BCUT2D eigenvalue weighted by Crippen LogP contribution is -2.31. The van der Waals surface area contributed by atoms with Crippen LogP contribution in [0.3, 0.4) is 0 Å². The second-order valence-electron chi connectivity index (χ2n) is 3.51. The summed E-state index contributed by atoms with van der Waals surface area (Å²) in [5.41, 5.74) is 0.409. The topological polar surface area (TPSA) is 111 Å². The highest BCUT2D eigenvalue weighted by Gasteiger charge is 2.13. The maximum Gasteiger partial charge on any atom is 0.403 e. The lowest BCUT2D eigenvalue weighted by Gasteiger charge is -2.08. The molecule has 0 aromatic carbocycles. The molecule has 0 bridgehead atoms. The first-order valence-electron chi connectivity index (χ1n) is 5.07. The van der Waals surface area contributed by atoms with E-state index in [0.717, 1.165) is 0 Å². The van der Waals surface area contributed by atoms with Crippen molar-refractivity contribution < 1.29 is 26.4 Å². The summed E-state index contributed by atoms with van der Waals surface area (Å²) in [7, 11) is -4.31. The number of carbonyl (C=O) groups is 2. The molecule has 0 saturated heterocycles. The van der Waals surface area contributed by atoms with Crippen molar-refractivity contribution in [3.8, 4) is 0 Å². The monoisotopic (exact) mass is 292 g/mol. The summed E-state index contributed by atoms with van der Waals surface area (Å²) < 4.78 is 30.9. The Morgan fingerprint density at radius 2 is 1.26 bits per heavy atom. The molecule has 0 unspecified atom stereocenters. The van der Waals surface area contributed by atoms with Crippen molar-refractivity contribution in [1.29, 1.82) is 0 Å². The van der Waals surface area contributed by atoms with Crippen molar-refractivity contribution >= 4 is 22.2 Å². The van der Waals surface area contributed by atoms with Crippen molar-refractivity contribution in [2.24, 2.45) is 0 Å². The molecule has 2 N–H and O–H groups in total. The Hall–Kier alpha value is -1.71. The normalized spacial score (nSPS) is 10.6. The maximum atomic E-state index is 11.1. The highest BCUT2D eigenvalue weighted by atomic mass is 32.3. The molecule has 0 aliphatic heterocycles. The van der Waals surface area contributed by atoms with Crippen LogP contribution in [0.1, 0.15) is 13.8 Å². The summed E-state index contributed by atoms with van der Waals surface area (Å²) >= 11 is 0. The average molecular weight is 292 g/mol. The molecule has 0 atom stereocenters. The second-order valence-corrected chi connectivity index (χ2v) is 4.79. The first kappa shape index (κ1) is 17.3. The average Bonchev–Trinajstić information content (AvgIpc) is 2.27. The number of nitrogens with one attached hydrogen (secondary N) is 2. The van der Waals surface area contributed by atoms with E-state index in [4.69, 9.17) is 0 Å². The Balaban J connectivity index is 4.00. The molecular weight excluding hydrogens is 276 g/mol. The summed E-state index contributed by atoms with van der Waals surface area (Å²) in [5.74, 6) is -1.10. The predicted octanol–water partition coefficient (Wildman–Crippen LogP) is -0.436. The van der Waals surface area contributed by atoms with Crippen molar-refractivity contribution in [1.82, 2.24) is 10.6 Å². The number of carbonyl (C=O) groups excluding carboxylic acids is 2. The van der Waals surface area contributed by atoms with Gasteiger partial charge in [0.2, 0.25) is 11.8 Å². The molecule has 0 radical (unpaired) electrons. The summed E-state index contributed by atoms with van der Waals surface area (Å²) in [5, 5.41) is 4.27. The number of hydrogen-bond donors (Lipinski definition) is 2. The summed E-state index contributed by atoms with van der Waals surface area (Å²) in [6, 6.07) is 0. The van der Waals surface area contributed by atoms with E-state index in [1.165, 1.54) is 13.8 Å². The van der Waals surface area contributed by atoms with Gasteiger partial charge in [-0.3, -0.25) is 9.59 Å². The fourth-order valence-corrected chi connectivity index (χ4v) is 1.14. The molecule has 0 fully saturated rings. The largest absolute Gasteiger partial charge is 0.403 e. The van der Waals surface area contributed by atoms with Gasteiger partial charge in [0.05, 0.1) is 0 Å². The highest BCUT2D eigenvalue weighted by Crippen LogP contribution is 1.95. The Bertz CT molecular complexity index is 444. The van der Waals surface area contributed by atoms with E-state index in [2.05, 4.69) is 32.2 Å². The minimum Gasteiger partial charge on any atom is -0.328 e. The quantitative estimate of drug-likeness (QED) is 0.463. The summed E-state index contributed by atoms with van der Waals surface area (Å²) in [6.45, 7) is 8.42. The number of rotatable bonds is 8. The van der Waals surface area contributed by atoms with E-state index in [9.17, 15) is 18.0 Å². The second kappa shape index (κ2) is 7.67. The molecule has 2 amide bonds. The molecule has 19 heavy (non-hydrogen) atoms. The maximum absolute atomic E-state index is 11.1. The van der Waals surface area contributed by atoms with Gasteiger partial charge in [-0.1, -0.05) is 13.2 Å². The van der Waals surface area contributed by atoms with Gasteiger partial charge in [-0.2, -0.15) is 8.42 Å². The smallest absolute Gasteiger partial charge is 0.328 e. The Labute approximate surface area is 111 Å². The fourth-order valence-electron chi connectivity index (χ4n) is 0.670. The Morgan fingerprint density at radius 3 is 1.53 bits per heavy atom. The summed E-state index contributed by atoms with van der Waals surface area (Å²) in [4.78, 5) is 22.0. The van der Waals surface area contributed by atoms with Crippen LogP contribution in [-0.4, -0.2) is 33.7 Å². The van der Waals surface area contributed by atoms with Crippen molar-refractivity contribution in [3.05, 3.63) is 24.3 Å². The zero-order chi connectivity index (χ0) is 15.1. The fraction of sp³-hybridized carbons (Fsp3) is 0.400. The molecular formula is C10H16N2O6S. The Morgan fingerprint density at radius 1 is 0.947 bits per heavy atom. The van der Waals surface area contributed by atoms with E-state index in [1.54, 1.807) is 0 Å². The standard InChI is InChI=1S/C10H16N2O6S/c1-7(2)9(13)11-5-17-19(15,16)18-6-12-10(14)8(3)4/h1,3,5-6H2,2,4H3,(H,11,13)(H,12,14). The van der Waals surface area contributed by atoms with E-state index >= 15 is 0 Å². The van der Waals surface area contributed by atoms with Crippen LogP contribution in [0.4, 0.5) is 0 Å². The van der Waals surface area contributed by atoms with Crippen LogP contribution in [0.15, 0.2) is 24.3 Å². The van der Waals surface area contributed by atoms with Gasteiger partial charge in [0.25, 0.3) is 0 Å². The molecule has 0 aromatic rings. The van der Waals surface area contributed by atoms with Gasteiger partial charge in [-0.25, -0.2) is 8.37 Å². The molecule has 0 aliphatic rings. The zero-order valence-electron chi connectivity index (χ0n) is 10.7. The van der Waals surface area contributed by atoms with Gasteiger partial charge < -0.3 is 10.6 Å². The third kappa shape index (κ3) is 8.08. The minimum absolute atomic E-state index is 0.204. The molecule has 8 nitrogen and oxygen atoms in total. The summed E-state index contributed by atoms with van der Waals surface area (Å²) in [6.07, 6.45) is 0. The molecule has 0 spiro atoms. The molecule has 0 saturated carbocycles. The lowest BCUT2D eigenvalue weighted by molar-refractivity contribution is -0.118. The van der Waals surface area contributed by atoms with Crippen LogP contribution >= 0.6 is 0 Å². The van der Waals surface area contributed by atoms with Crippen molar-refractivity contribution in [2.75, 3.05) is 13.5 Å². The van der Waals surface area contributed by atoms with Gasteiger partial charge in [-0.15, -0.1) is 0 Å². The van der Waals surface area contributed by atoms with Gasteiger partial charge in [0.1, 0.15) is 13.5 Å². The Kier molecular flexibility index (Phi) is 6.98. The SMILES string of the molecule is C=C(C)C(=O)NCOS(=O)(=O)OCNC(=O)C(=C)C. The highest BCUT2D eigenvalue weighted by molar-refractivity contribution is 7.81. The third-order valence-corrected chi connectivity index (χ3v) is 2.46. The molecule has 0 rings (SSSR count). The van der Waals surface area contributed by atoms with Gasteiger partial charge in [0, 0.05) is 11.1 Å². The molecule has 0 heterocycles. The molecule has 0 aliphatic carbocycles.